The molecule has 0 atom stereocenters. The lowest BCUT2D eigenvalue weighted by Gasteiger charge is -2.40. The molecule has 6 nitrogen and oxygen atoms in total. The first kappa shape index (κ1) is 16.3. The first-order valence-electron chi connectivity index (χ1n) is 7.35. The van der Waals surface area contributed by atoms with Crippen molar-refractivity contribution < 1.29 is 9.42 Å². The Labute approximate surface area is 130 Å². The van der Waals surface area contributed by atoms with Crippen molar-refractivity contribution in [3.05, 3.63) is 23.8 Å². The molecule has 0 radical (unpaired) electrons. The Balaban J connectivity index is 2.05. The molecule has 2 aromatic rings. The third kappa shape index (κ3) is 3.37. The van der Waals surface area contributed by atoms with Gasteiger partial charge in [0, 0.05) is 19.1 Å². The van der Waals surface area contributed by atoms with Gasteiger partial charge in [-0.05, 0) is 47.3 Å². The monoisotopic (exact) mass is 304 g/mol. The first-order valence-corrected chi connectivity index (χ1v) is 7.35. The molecule has 1 aromatic heterocycles. The largest absolute Gasteiger partial charge is 0.333 e. The zero-order chi connectivity index (χ0) is 16.5. The fourth-order valence-corrected chi connectivity index (χ4v) is 1.82. The third-order valence-electron chi connectivity index (χ3n) is 4.38. The predicted molar refractivity (Wildman–Crippen MR) is 85.3 cm³/mol. The van der Waals surface area contributed by atoms with Crippen molar-refractivity contribution in [3.63, 3.8) is 0 Å². The van der Waals surface area contributed by atoms with Crippen LogP contribution in [0.5, 0.6) is 0 Å². The maximum atomic E-state index is 12.4. The van der Waals surface area contributed by atoms with Crippen LogP contribution in [0.2, 0.25) is 0 Å². The molecule has 0 spiro atoms. The summed E-state index contributed by atoms with van der Waals surface area (Å²) in [4.78, 5) is 14.0. The topological polar surface area (TPSA) is 71.3 Å². The molecule has 0 unspecified atom stereocenters. The zero-order valence-electron chi connectivity index (χ0n) is 14.1. The highest BCUT2D eigenvalue weighted by molar-refractivity contribution is 5.76. The smallest absolute Gasteiger partial charge is 0.317 e. The number of nitrogens with one attached hydrogen (secondary N) is 1. The Morgan fingerprint density at radius 3 is 2.45 bits per heavy atom. The van der Waals surface area contributed by atoms with Crippen LogP contribution >= 0.6 is 0 Å². The predicted octanol–water partition coefficient (Wildman–Crippen LogP) is 3.19. The molecule has 120 valence electrons. The Bertz CT molecular complexity index is 670. The van der Waals surface area contributed by atoms with Gasteiger partial charge >= 0.3 is 6.03 Å². The average molecular weight is 304 g/mol. The van der Waals surface area contributed by atoms with E-state index in [1.54, 1.807) is 11.9 Å². The minimum atomic E-state index is -0.307. The van der Waals surface area contributed by atoms with Gasteiger partial charge in [-0.3, -0.25) is 0 Å². The summed E-state index contributed by atoms with van der Waals surface area (Å²) in [6.07, 6.45) is 0. The molecule has 0 aliphatic rings. The molecule has 2 rings (SSSR count). The van der Waals surface area contributed by atoms with E-state index in [0.29, 0.717) is 17.6 Å². The molecule has 22 heavy (non-hydrogen) atoms. The number of nitrogens with zero attached hydrogens (tertiary/aromatic N) is 3. The number of amides is 2. The minimum Gasteiger partial charge on any atom is -0.333 e. The van der Waals surface area contributed by atoms with Gasteiger partial charge < -0.3 is 10.2 Å². The number of carbonyl (C=O) groups excluding carboxylic acids is 1. The summed E-state index contributed by atoms with van der Waals surface area (Å²) in [6.45, 7) is 10.9. The van der Waals surface area contributed by atoms with Crippen LogP contribution in [0.3, 0.4) is 0 Å². The Morgan fingerprint density at radius 1 is 1.18 bits per heavy atom. The quantitative estimate of drug-likeness (QED) is 0.945. The van der Waals surface area contributed by atoms with E-state index in [0.717, 1.165) is 5.56 Å². The summed E-state index contributed by atoms with van der Waals surface area (Å²) in [5.74, 6) is 0. The summed E-state index contributed by atoms with van der Waals surface area (Å²) in [7, 11) is 1.78. The Kier molecular flexibility index (Phi) is 4.13. The van der Waals surface area contributed by atoms with Crippen LogP contribution in [-0.4, -0.2) is 33.8 Å². The highest BCUT2D eigenvalue weighted by Crippen LogP contribution is 2.29. The molecular weight excluding hydrogens is 280 g/mol. The van der Waals surface area contributed by atoms with Crippen LogP contribution < -0.4 is 5.32 Å². The van der Waals surface area contributed by atoms with E-state index in [4.69, 9.17) is 0 Å². The molecule has 6 heteroatoms. The number of fused-ring (bicyclic) bond motifs is 1. The van der Waals surface area contributed by atoms with Crippen LogP contribution in [0.15, 0.2) is 22.8 Å². The molecule has 0 bridgehead atoms. The van der Waals surface area contributed by atoms with Gasteiger partial charge in [-0.2, -0.15) is 0 Å². The lowest BCUT2D eigenvalue weighted by molar-refractivity contribution is 0.152. The van der Waals surface area contributed by atoms with Gasteiger partial charge in [0.1, 0.15) is 11.0 Å². The minimum absolute atomic E-state index is 0.0329. The van der Waals surface area contributed by atoms with E-state index >= 15 is 0 Å². The highest BCUT2D eigenvalue weighted by atomic mass is 16.6. The van der Waals surface area contributed by atoms with E-state index in [-0.39, 0.29) is 17.0 Å². The van der Waals surface area contributed by atoms with Gasteiger partial charge in [0.15, 0.2) is 0 Å². The molecule has 1 aromatic carbocycles. The number of carbonyl (C=O) groups is 1. The van der Waals surface area contributed by atoms with Gasteiger partial charge in [0.05, 0.1) is 0 Å². The van der Waals surface area contributed by atoms with Crippen molar-refractivity contribution in [1.82, 2.24) is 20.5 Å². The van der Waals surface area contributed by atoms with Gasteiger partial charge in [-0.15, -0.1) is 0 Å². The van der Waals surface area contributed by atoms with Gasteiger partial charge in [-0.1, -0.05) is 26.8 Å². The number of rotatable bonds is 3. The van der Waals surface area contributed by atoms with E-state index in [9.17, 15) is 4.79 Å². The van der Waals surface area contributed by atoms with Crippen LogP contribution in [0.25, 0.3) is 11.0 Å². The molecule has 0 fully saturated rings. The summed E-state index contributed by atoms with van der Waals surface area (Å²) in [5.41, 5.74) is 2.05. The lowest BCUT2D eigenvalue weighted by atomic mass is 9.76. The third-order valence-corrected chi connectivity index (χ3v) is 4.38. The molecule has 0 saturated carbocycles. The normalized spacial score (nSPS) is 12.5. The Morgan fingerprint density at radius 2 is 1.82 bits per heavy atom. The standard InChI is InChI=1S/C16H24N4O2/c1-15(2,3)16(4,5)17-14(21)20(6)10-11-7-8-12-13(9-11)19-22-18-12/h7-9H,10H2,1-6H3,(H,17,21). The zero-order valence-corrected chi connectivity index (χ0v) is 14.1. The van der Waals surface area contributed by atoms with Crippen molar-refractivity contribution in [1.29, 1.82) is 0 Å². The van der Waals surface area contributed by atoms with Crippen molar-refractivity contribution in [2.24, 2.45) is 5.41 Å². The van der Waals surface area contributed by atoms with Crippen molar-refractivity contribution >= 4 is 17.1 Å². The van der Waals surface area contributed by atoms with Crippen LogP contribution in [0.1, 0.15) is 40.2 Å². The average Bonchev–Trinajstić information content (AvgIpc) is 2.84. The molecule has 0 saturated heterocycles. The van der Waals surface area contributed by atoms with E-state index in [2.05, 4.69) is 41.0 Å². The summed E-state index contributed by atoms with van der Waals surface area (Å²) >= 11 is 0. The first-order chi connectivity index (χ1) is 10.1. The van der Waals surface area contributed by atoms with Crippen molar-refractivity contribution in [2.75, 3.05) is 7.05 Å². The summed E-state index contributed by atoms with van der Waals surface area (Å²) in [5, 5.41) is 10.7. The van der Waals surface area contributed by atoms with E-state index in [1.165, 1.54) is 0 Å². The molecule has 0 aliphatic heterocycles. The number of aromatic nitrogens is 2. The molecule has 1 heterocycles. The van der Waals surface area contributed by atoms with Crippen LogP contribution in [0.4, 0.5) is 4.79 Å². The van der Waals surface area contributed by atoms with Crippen molar-refractivity contribution in [2.45, 2.75) is 46.7 Å². The number of hydrogen-bond acceptors (Lipinski definition) is 4. The molecular formula is C16H24N4O2. The summed E-state index contributed by atoms with van der Waals surface area (Å²) < 4.78 is 4.68. The van der Waals surface area contributed by atoms with Gasteiger partial charge in [-0.25, -0.2) is 9.42 Å². The van der Waals surface area contributed by atoms with Gasteiger partial charge in [0.2, 0.25) is 0 Å². The second kappa shape index (κ2) is 5.59. The van der Waals surface area contributed by atoms with Crippen molar-refractivity contribution in [3.8, 4) is 0 Å². The second-order valence-electron chi connectivity index (χ2n) is 7.25. The Hall–Kier alpha value is -2.11. The fraction of sp³-hybridized carbons (Fsp3) is 0.562. The maximum Gasteiger partial charge on any atom is 0.317 e. The van der Waals surface area contributed by atoms with Gasteiger partial charge in [0.25, 0.3) is 0 Å². The highest BCUT2D eigenvalue weighted by Gasteiger charge is 2.34. The number of benzene rings is 1. The molecule has 1 N–H and O–H groups in total. The lowest BCUT2D eigenvalue weighted by Crippen LogP contribution is -2.55. The summed E-state index contributed by atoms with van der Waals surface area (Å²) in [6, 6.07) is 5.54. The van der Waals surface area contributed by atoms with E-state index < -0.39 is 0 Å². The second-order valence-corrected chi connectivity index (χ2v) is 7.25. The molecule has 0 aliphatic carbocycles. The number of urea groups is 1. The van der Waals surface area contributed by atoms with Crippen LogP contribution in [-0.2, 0) is 6.54 Å². The fourth-order valence-electron chi connectivity index (χ4n) is 1.82. The number of hydrogen-bond donors (Lipinski definition) is 1. The SMILES string of the molecule is CN(Cc1ccc2nonc2c1)C(=O)NC(C)(C)C(C)(C)C. The maximum absolute atomic E-state index is 12.4. The molecule has 2 amide bonds. The van der Waals surface area contributed by atoms with E-state index in [1.807, 2.05) is 32.0 Å². The van der Waals surface area contributed by atoms with Crippen LogP contribution in [0, 0.1) is 5.41 Å².